The first kappa shape index (κ1) is 9.36. The Hall–Kier alpha value is -0.640. The molecule has 60 valence electrons. The Labute approximate surface area is 59.6 Å². The summed E-state index contributed by atoms with van der Waals surface area (Å²) in [5.41, 5.74) is 0. The standard InChI is InChI=1S/C4H8FN.C2H4O2/c5-4-1-2-6-3-4;1-4-2-3/h4,6H,1-3H2;2H,1H3. The van der Waals surface area contributed by atoms with Crippen molar-refractivity contribution < 1.29 is 13.9 Å². The van der Waals surface area contributed by atoms with Crippen molar-refractivity contribution in [3.05, 3.63) is 0 Å². The van der Waals surface area contributed by atoms with Gasteiger partial charge in [-0.2, -0.15) is 0 Å². The molecule has 3 nitrogen and oxygen atoms in total. The summed E-state index contributed by atoms with van der Waals surface area (Å²) in [5, 5.41) is 2.90. The summed E-state index contributed by atoms with van der Waals surface area (Å²) in [6.07, 6.45) is 0.144. The van der Waals surface area contributed by atoms with Crippen LogP contribution in [-0.4, -0.2) is 32.8 Å². The van der Waals surface area contributed by atoms with E-state index in [1.165, 1.54) is 7.11 Å². The van der Waals surface area contributed by atoms with Crippen molar-refractivity contribution in [2.75, 3.05) is 20.2 Å². The molecule has 0 aromatic rings. The van der Waals surface area contributed by atoms with Gasteiger partial charge in [-0.15, -0.1) is 0 Å². The Bertz CT molecular complexity index is 83.8. The highest BCUT2D eigenvalue weighted by molar-refractivity contribution is 5.36. The van der Waals surface area contributed by atoms with E-state index in [-0.39, 0.29) is 0 Å². The Morgan fingerprint density at radius 2 is 2.40 bits per heavy atom. The summed E-state index contributed by atoms with van der Waals surface area (Å²) in [5.74, 6) is 0. The highest BCUT2D eigenvalue weighted by atomic mass is 19.1. The van der Waals surface area contributed by atoms with Crippen LogP contribution in [-0.2, 0) is 9.53 Å². The van der Waals surface area contributed by atoms with Crippen LogP contribution in [0.5, 0.6) is 0 Å². The number of halogens is 1. The van der Waals surface area contributed by atoms with Crippen LogP contribution < -0.4 is 5.32 Å². The fourth-order valence-corrected chi connectivity index (χ4v) is 0.619. The number of hydrogen-bond donors (Lipinski definition) is 1. The van der Waals surface area contributed by atoms with Crippen molar-refractivity contribution in [3.63, 3.8) is 0 Å². The van der Waals surface area contributed by atoms with Gasteiger partial charge in [0, 0.05) is 6.54 Å². The van der Waals surface area contributed by atoms with Gasteiger partial charge in [-0.3, -0.25) is 4.79 Å². The van der Waals surface area contributed by atoms with E-state index in [2.05, 4.69) is 10.1 Å². The lowest BCUT2D eigenvalue weighted by Crippen LogP contribution is -2.08. The van der Waals surface area contributed by atoms with E-state index in [1.807, 2.05) is 0 Å². The molecule has 1 rings (SSSR count). The lowest BCUT2D eigenvalue weighted by molar-refractivity contribution is -0.126. The smallest absolute Gasteiger partial charge is 0.292 e. The average molecular weight is 149 g/mol. The zero-order chi connectivity index (χ0) is 7.82. The van der Waals surface area contributed by atoms with Gasteiger partial charge in [-0.05, 0) is 13.0 Å². The lowest BCUT2D eigenvalue weighted by atomic mass is 10.4. The molecule has 0 aromatic carbocycles. The fourth-order valence-electron chi connectivity index (χ4n) is 0.619. The van der Waals surface area contributed by atoms with Gasteiger partial charge in [0.1, 0.15) is 6.17 Å². The minimum atomic E-state index is -0.565. The second-order valence-corrected chi connectivity index (χ2v) is 1.92. The van der Waals surface area contributed by atoms with Crippen molar-refractivity contribution in [3.8, 4) is 0 Å². The van der Waals surface area contributed by atoms with Gasteiger partial charge in [0.2, 0.25) is 0 Å². The minimum absolute atomic E-state index is 0.375. The van der Waals surface area contributed by atoms with Crippen LogP contribution in [0.3, 0.4) is 0 Å². The van der Waals surface area contributed by atoms with E-state index in [4.69, 9.17) is 4.79 Å². The molecule has 0 aromatic heterocycles. The molecule has 1 aliphatic heterocycles. The van der Waals surface area contributed by atoms with Gasteiger partial charge >= 0.3 is 0 Å². The maximum absolute atomic E-state index is 11.9. The first-order chi connectivity index (χ1) is 4.81. The van der Waals surface area contributed by atoms with Crippen molar-refractivity contribution in [2.24, 2.45) is 0 Å². The first-order valence-corrected chi connectivity index (χ1v) is 3.12. The van der Waals surface area contributed by atoms with Crippen LogP contribution in [0.2, 0.25) is 0 Å². The second-order valence-electron chi connectivity index (χ2n) is 1.92. The summed E-state index contributed by atoms with van der Waals surface area (Å²) < 4.78 is 15.7. The zero-order valence-electron chi connectivity index (χ0n) is 5.97. The number of methoxy groups -OCH3 is 1. The molecule has 1 heterocycles. The van der Waals surface area contributed by atoms with Gasteiger partial charge in [-0.1, -0.05) is 0 Å². The summed E-state index contributed by atoms with van der Waals surface area (Å²) >= 11 is 0. The molecule has 4 heteroatoms. The third kappa shape index (κ3) is 5.50. The monoisotopic (exact) mass is 149 g/mol. The molecular formula is C6H12FNO2. The van der Waals surface area contributed by atoms with Gasteiger partial charge in [0.15, 0.2) is 0 Å². The zero-order valence-corrected chi connectivity index (χ0v) is 5.97. The Morgan fingerprint density at radius 3 is 2.50 bits per heavy atom. The second kappa shape index (κ2) is 6.48. The summed E-state index contributed by atoms with van der Waals surface area (Å²) in [6, 6.07) is 0. The molecule has 0 saturated carbocycles. The van der Waals surface area contributed by atoms with Crippen LogP contribution in [0.1, 0.15) is 6.42 Å². The van der Waals surface area contributed by atoms with Crippen molar-refractivity contribution >= 4 is 6.47 Å². The Kier molecular flexibility index (Phi) is 6.06. The number of nitrogens with one attached hydrogen (secondary N) is 1. The topological polar surface area (TPSA) is 38.3 Å². The molecule has 1 saturated heterocycles. The predicted octanol–water partition coefficient (Wildman–Crippen LogP) is 0.107. The van der Waals surface area contributed by atoms with E-state index < -0.39 is 6.17 Å². The maximum Gasteiger partial charge on any atom is 0.292 e. The molecule has 0 radical (unpaired) electrons. The van der Waals surface area contributed by atoms with Crippen LogP contribution in [0.25, 0.3) is 0 Å². The molecule has 1 atom stereocenters. The van der Waals surface area contributed by atoms with E-state index >= 15 is 0 Å². The van der Waals surface area contributed by atoms with Gasteiger partial charge in [-0.25, -0.2) is 4.39 Å². The molecule has 1 unspecified atom stereocenters. The molecule has 0 spiro atoms. The third-order valence-corrected chi connectivity index (χ3v) is 1.10. The normalized spacial score (nSPS) is 22.8. The Morgan fingerprint density at radius 1 is 1.80 bits per heavy atom. The molecule has 1 N–H and O–H groups in total. The van der Waals surface area contributed by atoms with Crippen LogP contribution in [0.15, 0.2) is 0 Å². The number of carbonyl (C=O) groups is 1. The van der Waals surface area contributed by atoms with Crippen LogP contribution in [0, 0.1) is 0 Å². The van der Waals surface area contributed by atoms with Gasteiger partial charge < -0.3 is 10.1 Å². The Balaban J connectivity index is 0.000000180. The van der Waals surface area contributed by atoms with Crippen molar-refractivity contribution in [1.82, 2.24) is 5.32 Å². The summed E-state index contributed by atoms with van der Waals surface area (Å²) in [7, 11) is 1.31. The highest BCUT2D eigenvalue weighted by Gasteiger charge is 2.10. The molecule has 0 bridgehead atoms. The molecular weight excluding hydrogens is 137 g/mol. The van der Waals surface area contributed by atoms with Crippen LogP contribution in [0.4, 0.5) is 4.39 Å². The minimum Gasteiger partial charge on any atom is -0.471 e. The number of alkyl halides is 1. The van der Waals surface area contributed by atoms with Gasteiger partial charge in [0.05, 0.1) is 7.11 Å². The quantitative estimate of drug-likeness (QED) is 0.538. The number of hydrogen-bond acceptors (Lipinski definition) is 3. The first-order valence-electron chi connectivity index (χ1n) is 3.12. The average Bonchev–Trinajstić information content (AvgIpc) is 2.40. The number of rotatable bonds is 1. The van der Waals surface area contributed by atoms with E-state index in [1.54, 1.807) is 0 Å². The van der Waals surface area contributed by atoms with E-state index in [0.717, 1.165) is 6.54 Å². The SMILES string of the molecule is COC=O.FC1CCNC1. The lowest BCUT2D eigenvalue weighted by Gasteiger charge is -1.86. The van der Waals surface area contributed by atoms with Crippen molar-refractivity contribution in [2.45, 2.75) is 12.6 Å². The highest BCUT2D eigenvalue weighted by Crippen LogP contribution is 1.99. The molecule has 1 fully saturated rings. The maximum atomic E-state index is 11.9. The largest absolute Gasteiger partial charge is 0.471 e. The third-order valence-electron chi connectivity index (χ3n) is 1.10. The molecule has 1 aliphatic rings. The van der Waals surface area contributed by atoms with Crippen LogP contribution >= 0.6 is 0 Å². The van der Waals surface area contributed by atoms with E-state index in [0.29, 0.717) is 19.4 Å². The predicted molar refractivity (Wildman–Crippen MR) is 35.5 cm³/mol. The molecule has 0 aliphatic carbocycles. The summed E-state index contributed by atoms with van der Waals surface area (Å²) in [4.78, 5) is 8.95. The fraction of sp³-hybridized carbons (Fsp3) is 0.833. The van der Waals surface area contributed by atoms with E-state index in [9.17, 15) is 4.39 Å². The van der Waals surface area contributed by atoms with Crippen molar-refractivity contribution in [1.29, 1.82) is 0 Å². The summed E-state index contributed by atoms with van der Waals surface area (Å²) in [6.45, 7) is 1.81. The molecule has 0 amide bonds. The molecule has 10 heavy (non-hydrogen) atoms. The number of carbonyl (C=O) groups excluding carboxylic acids is 1. The number of ether oxygens (including phenoxy) is 1. The van der Waals surface area contributed by atoms with Gasteiger partial charge in [0.25, 0.3) is 6.47 Å².